The number of aliphatic hydroxyl groups excluding tert-OH is 1. The summed E-state index contributed by atoms with van der Waals surface area (Å²) in [4.78, 5) is 13.9. The molecule has 19 heavy (non-hydrogen) atoms. The van der Waals surface area contributed by atoms with Gasteiger partial charge < -0.3 is 19.8 Å². The predicted octanol–water partition coefficient (Wildman–Crippen LogP) is 1.24. The first-order chi connectivity index (χ1) is 9.02. The number of piperidine rings is 1. The fourth-order valence-corrected chi connectivity index (χ4v) is 2.24. The van der Waals surface area contributed by atoms with Gasteiger partial charge in [0, 0.05) is 18.7 Å². The number of aliphatic hydroxyl groups is 1. The van der Waals surface area contributed by atoms with E-state index in [1.165, 1.54) is 13.2 Å². The lowest BCUT2D eigenvalue weighted by atomic mass is 9.95. The first-order valence-corrected chi connectivity index (χ1v) is 6.37. The van der Waals surface area contributed by atoms with Crippen molar-refractivity contribution in [3.05, 3.63) is 23.8 Å². The molecule has 0 spiro atoms. The number of likely N-dealkylation sites (tertiary alicyclic amines) is 1. The molecular weight excluding hydrogens is 246 g/mol. The lowest BCUT2D eigenvalue weighted by Gasteiger charge is -2.34. The van der Waals surface area contributed by atoms with E-state index in [0.717, 1.165) is 6.42 Å². The summed E-state index contributed by atoms with van der Waals surface area (Å²) in [6.07, 6.45) is 0.305. The third-order valence-corrected chi connectivity index (χ3v) is 3.63. The topological polar surface area (TPSA) is 70.0 Å². The quantitative estimate of drug-likeness (QED) is 0.844. The molecule has 2 unspecified atom stereocenters. The van der Waals surface area contributed by atoms with Gasteiger partial charge >= 0.3 is 0 Å². The largest absolute Gasteiger partial charge is 0.504 e. The first kappa shape index (κ1) is 13.7. The number of ether oxygens (including phenoxy) is 1. The molecule has 1 aliphatic rings. The molecule has 1 heterocycles. The number of β-amino-alcohol motifs (C(OH)–C–C–N with tert-alkyl or cyclic N) is 1. The van der Waals surface area contributed by atoms with Gasteiger partial charge in [0.2, 0.25) is 0 Å². The number of carbonyl (C=O) groups excluding carboxylic acids is 1. The summed E-state index contributed by atoms with van der Waals surface area (Å²) < 4.78 is 4.94. The van der Waals surface area contributed by atoms with Gasteiger partial charge in [-0.1, -0.05) is 6.92 Å². The molecule has 1 aliphatic heterocycles. The van der Waals surface area contributed by atoms with Crippen LogP contribution in [0.4, 0.5) is 0 Å². The van der Waals surface area contributed by atoms with Gasteiger partial charge in [-0.15, -0.1) is 0 Å². The van der Waals surface area contributed by atoms with Crippen molar-refractivity contribution in [3.8, 4) is 11.5 Å². The van der Waals surface area contributed by atoms with Gasteiger partial charge in [-0.3, -0.25) is 4.79 Å². The maximum Gasteiger partial charge on any atom is 0.254 e. The van der Waals surface area contributed by atoms with Crippen molar-refractivity contribution in [2.24, 2.45) is 5.92 Å². The molecule has 0 bridgehead atoms. The number of amides is 1. The SMILES string of the molecule is COc1ccc(C(=O)N2CCC(C)C(O)C2)cc1O. The Kier molecular flexibility index (Phi) is 3.95. The van der Waals surface area contributed by atoms with Crippen LogP contribution in [0.2, 0.25) is 0 Å². The number of phenols is 1. The standard InChI is InChI=1S/C14H19NO4/c1-9-5-6-15(8-12(9)17)14(18)10-3-4-13(19-2)11(16)7-10/h3-4,7,9,12,16-17H,5-6,8H2,1-2H3. The molecule has 2 N–H and O–H groups in total. The van der Waals surface area contributed by atoms with Gasteiger partial charge in [0.05, 0.1) is 13.2 Å². The van der Waals surface area contributed by atoms with Crippen LogP contribution >= 0.6 is 0 Å². The molecule has 5 nitrogen and oxygen atoms in total. The van der Waals surface area contributed by atoms with Crippen LogP contribution < -0.4 is 4.74 Å². The summed E-state index contributed by atoms with van der Waals surface area (Å²) in [7, 11) is 1.46. The lowest BCUT2D eigenvalue weighted by molar-refractivity contribution is 0.0248. The summed E-state index contributed by atoms with van der Waals surface area (Å²) in [6.45, 7) is 2.95. The van der Waals surface area contributed by atoms with E-state index in [1.807, 2.05) is 6.92 Å². The molecule has 1 amide bonds. The number of benzene rings is 1. The number of hydrogen-bond acceptors (Lipinski definition) is 4. The Bertz CT molecular complexity index is 475. The Morgan fingerprint density at radius 2 is 2.21 bits per heavy atom. The average Bonchev–Trinajstić information content (AvgIpc) is 2.41. The molecule has 1 aromatic carbocycles. The van der Waals surface area contributed by atoms with Crippen LogP contribution in [0.15, 0.2) is 18.2 Å². The number of methoxy groups -OCH3 is 1. The number of carbonyl (C=O) groups is 1. The Balaban J connectivity index is 2.13. The van der Waals surface area contributed by atoms with Crippen LogP contribution in [0, 0.1) is 5.92 Å². The zero-order valence-electron chi connectivity index (χ0n) is 11.2. The summed E-state index contributed by atoms with van der Waals surface area (Å²) in [5.74, 6) is 0.320. The zero-order valence-corrected chi connectivity index (χ0v) is 11.2. The van der Waals surface area contributed by atoms with Crippen molar-refractivity contribution in [2.75, 3.05) is 20.2 Å². The van der Waals surface area contributed by atoms with Crippen molar-refractivity contribution >= 4 is 5.91 Å². The van der Waals surface area contributed by atoms with E-state index in [-0.39, 0.29) is 17.6 Å². The van der Waals surface area contributed by atoms with Gasteiger partial charge in [0.25, 0.3) is 5.91 Å². The number of phenolic OH excluding ortho intramolecular Hbond substituents is 1. The molecule has 0 saturated carbocycles. The summed E-state index contributed by atoms with van der Waals surface area (Å²) in [6, 6.07) is 4.57. The minimum absolute atomic E-state index is 0.0562. The highest BCUT2D eigenvalue weighted by atomic mass is 16.5. The van der Waals surface area contributed by atoms with Crippen LogP contribution in [-0.4, -0.2) is 47.3 Å². The van der Waals surface area contributed by atoms with Crippen molar-refractivity contribution in [2.45, 2.75) is 19.4 Å². The molecule has 104 valence electrons. The molecule has 5 heteroatoms. The van der Waals surface area contributed by atoms with Crippen LogP contribution in [0.25, 0.3) is 0 Å². The third-order valence-electron chi connectivity index (χ3n) is 3.63. The average molecular weight is 265 g/mol. The van der Waals surface area contributed by atoms with Crippen molar-refractivity contribution in [1.29, 1.82) is 0 Å². The van der Waals surface area contributed by atoms with E-state index in [1.54, 1.807) is 17.0 Å². The first-order valence-electron chi connectivity index (χ1n) is 6.37. The molecule has 0 aliphatic carbocycles. The van der Waals surface area contributed by atoms with E-state index in [0.29, 0.717) is 24.4 Å². The number of nitrogens with zero attached hydrogens (tertiary/aromatic N) is 1. The van der Waals surface area contributed by atoms with Gasteiger partial charge in [0.1, 0.15) is 0 Å². The fraction of sp³-hybridized carbons (Fsp3) is 0.500. The van der Waals surface area contributed by atoms with Gasteiger partial charge in [-0.05, 0) is 30.5 Å². The van der Waals surface area contributed by atoms with E-state index >= 15 is 0 Å². The zero-order chi connectivity index (χ0) is 14.0. The summed E-state index contributed by atoms with van der Waals surface area (Å²) in [5.41, 5.74) is 0.403. The van der Waals surface area contributed by atoms with E-state index in [4.69, 9.17) is 4.74 Å². The third kappa shape index (κ3) is 2.81. The van der Waals surface area contributed by atoms with E-state index in [9.17, 15) is 15.0 Å². The van der Waals surface area contributed by atoms with Crippen LogP contribution in [0.1, 0.15) is 23.7 Å². The maximum atomic E-state index is 12.3. The highest BCUT2D eigenvalue weighted by Gasteiger charge is 2.28. The summed E-state index contributed by atoms with van der Waals surface area (Å²) in [5, 5.41) is 19.5. The monoisotopic (exact) mass is 265 g/mol. The molecule has 0 radical (unpaired) electrons. The molecule has 1 saturated heterocycles. The molecule has 1 fully saturated rings. The van der Waals surface area contributed by atoms with Crippen LogP contribution in [0.5, 0.6) is 11.5 Å². The Labute approximate surface area is 112 Å². The molecular formula is C14H19NO4. The smallest absolute Gasteiger partial charge is 0.254 e. The molecule has 0 aromatic heterocycles. The highest BCUT2D eigenvalue weighted by molar-refractivity contribution is 5.95. The lowest BCUT2D eigenvalue weighted by Crippen LogP contribution is -2.45. The maximum absolute atomic E-state index is 12.3. The van der Waals surface area contributed by atoms with Crippen molar-refractivity contribution in [3.63, 3.8) is 0 Å². The predicted molar refractivity (Wildman–Crippen MR) is 70.4 cm³/mol. The molecule has 1 aromatic rings. The minimum Gasteiger partial charge on any atom is -0.504 e. The van der Waals surface area contributed by atoms with E-state index < -0.39 is 6.10 Å². The molecule has 2 atom stereocenters. The second-order valence-electron chi connectivity index (χ2n) is 4.97. The number of aromatic hydroxyl groups is 1. The molecule has 2 rings (SSSR count). The van der Waals surface area contributed by atoms with Crippen molar-refractivity contribution in [1.82, 2.24) is 4.90 Å². The normalized spacial score (nSPS) is 23.2. The Morgan fingerprint density at radius 3 is 2.79 bits per heavy atom. The second kappa shape index (κ2) is 5.48. The van der Waals surface area contributed by atoms with E-state index in [2.05, 4.69) is 0 Å². The van der Waals surface area contributed by atoms with Gasteiger partial charge in [-0.2, -0.15) is 0 Å². The number of hydrogen-bond donors (Lipinski definition) is 2. The van der Waals surface area contributed by atoms with Gasteiger partial charge in [-0.25, -0.2) is 0 Å². The Hall–Kier alpha value is -1.75. The number of rotatable bonds is 2. The van der Waals surface area contributed by atoms with Crippen LogP contribution in [-0.2, 0) is 0 Å². The second-order valence-corrected chi connectivity index (χ2v) is 4.97. The van der Waals surface area contributed by atoms with Crippen LogP contribution in [0.3, 0.4) is 0 Å². The fourth-order valence-electron chi connectivity index (χ4n) is 2.24. The van der Waals surface area contributed by atoms with Gasteiger partial charge in [0.15, 0.2) is 11.5 Å². The highest BCUT2D eigenvalue weighted by Crippen LogP contribution is 2.27. The Morgan fingerprint density at radius 1 is 1.47 bits per heavy atom. The minimum atomic E-state index is -0.482. The van der Waals surface area contributed by atoms with Crippen molar-refractivity contribution < 1.29 is 19.7 Å². The summed E-state index contributed by atoms with van der Waals surface area (Å²) >= 11 is 0.